The number of fused-ring (bicyclic) bond motifs is 1. The van der Waals surface area contributed by atoms with Gasteiger partial charge in [-0.3, -0.25) is 4.79 Å². The molecule has 0 spiro atoms. The molecule has 1 amide bonds. The Labute approximate surface area is 136 Å². The summed E-state index contributed by atoms with van der Waals surface area (Å²) in [5.74, 6) is 1.24. The van der Waals surface area contributed by atoms with Crippen molar-refractivity contribution in [2.45, 2.75) is 11.7 Å². The van der Waals surface area contributed by atoms with Crippen molar-refractivity contribution in [3.63, 3.8) is 0 Å². The molecule has 9 heteroatoms. The number of nitrogen functional groups attached to an aromatic ring is 1. The average Bonchev–Trinajstić information content (AvgIpc) is 2.79. The molecule has 7 nitrogen and oxygen atoms in total. The van der Waals surface area contributed by atoms with E-state index in [1.54, 1.807) is 11.0 Å². The second-order valence-electron chi connectivity index (χ2n) is 4.71. The number of nitrogens with two attached hydrogens (primary N) is 1. The van der Waals surface area contributed by atoms with Crippen LogP contribution in [0.5, 0.6) is 5.75 Å². The summed E-state index contributed by atoms with van der Waals surface area (Å²) in [4.78, 5) is 18.0. The minimum absolute atomic E-state index is 0.00945. The van der Waals surface area contributed by atoms with Crippen LogP contribution < -0.4 is 10.5 Å². The van der Waals surface area contributed by atoms with E-state index in [0.717, 1.165) is 11.3 Å². The third-order valence-electron chi connectivity index (χ3n) is 3.16. The van der Waals surface area contributed by atoms with E-state index in [0.29, 0.717) is 29.9 Å². The zero-order valence-corrected chi connectivity index (χ0v) is 13.2. The van der Waals surface area contributed by atoms with Crippen molar-refractivity contribution in [1.82, 2.24) is 20.1 Å². The second-order valence-corrected chi connectivity index (χ2v) is 6.09. The van der Waals surface area contributed by atoms with Crippen molar-refractivity contribution >= 4 is 35.2 Å². The van der Waals surface area contributed by atoms with E-state index in [9.17, 15) is 4.79 Å². The molecule has 1 aromatic carbocycles. The van der Waals surface area contributed by atoms with E-state index >= 15 is 0 Å². The Hall–Kier alpha value is -1.93. The number of benzene rings is 1. The first kappa shape index (κ1) is 15.0. The van der Waals surface area contributed by atoms with Gasteiger partial charge < -0.3 is 15.4 Å². The highest BCUT2D eigenvalue weighted by Gasteiger charge is 2.20. The number of nitrogens with zero attached hydrogens (tertiary/aromatic N) is 3. The molecule has 3 rings (SSSR count). The minimum Gasteiger partial charge on any atom is -0.491 e. The number of ether oxygens (including phenoxy) is 1. The summed E-state index contributed by atoms with van der Waals surface area (Å²) in [5, 5.41) is 7.51. The van der Waals surface area contributed by atoms with Crippen LogP contribution in [0.25, 0.3) is 0 Å². The fourth-order valence-electron chi connectivity index (χ4n) is 2.12. The number of carbonyl (C=O) groups excluding carboxylic acids is 1. The van der Waals surface area contributed by atoms with Gasteiger partial charge in [0.2, 0.25) is 17.0 Å². The Kier molecular flexibility index (Phi) is 4.39. The lowest BCUT2D eigenvalue weighted by Crippen LogP contribution is -2.33. The van der Waals surface area contributed by atoms with Gasteiger partial charge in [-0.15, -0.1) is 5.10 Å². The first-order valence-electron chi connectivity index (χ1n) is 6.61. The van der Waals surface area contributed by atoms with Gasteiger partial charge in [-0.2, -0.15) is 4.98 Å². The number of halogens is 1. The predicted octanol–water partition coefficient (Wildman–Crippen LogP) is 1.55. The van der Waals surface area contributed by atoms with Gasteiger partial charge in [-0.1, -0.05) is 23.4 Å². The number of hydrogen-bond acceptors (Lipinski definition) is 6. The summed E-state index contributed by atoms with van der Waals surface area (Å²) in [6.07, 6.45) is 0. The molecule has 0 fully saturated rings. The lowest BCUT2D eigenvalue weighted by Gasteiger charge is -2.19. The molecule has 1 aromatic heterocycles. The molecule has 2 aromatic rings. The fourth-order valence-corrected chi connectivity index (χ4v) is 3.02. The first-order valence-corrected chi connectivity index (χ1v) is 7.98. The number of H-pyrrole nitrogens is 1. The van der Waals surface area contributed by atoms with Crippen LogP contribution in [0.3, 0.4) is 0 Å². The molecule has 3 N–H and O–H groups in total. The SMILES string of the molecule is Nc1nc(SCC(=O)N2CCOc3ccc(Cl)cc3C2)n[nH]1. The summed E-state index contributed by atoms with van der Waals surface area (Å²) >= 11 is 7.25. The van der Waals surface area contributed by atoms with Gasteiger partial charge in [0.1, 0.15) is 12.4 Å². The van der Waals surface area contributed by atoms with Crippen molar-refractivity contribution in [2.24, 2.45) is 0 Å². The quantitative estimate of drug-likeness (QED) is 0.823. The average molecular weight is 340 g/mol. The lowest BCUT2D eigenvalue weighted by molar-refractivity contribution is -0.129. The Morgan fingerprint density at radius 2 is 2.41 bits per heavy atom. The summed E-state index contributed by atoms with van der Waals surface area (Å²) in [7, 11) is 0. The van der Waals surface area contributed by atoms with E-state index < -0.39 is 0 Å². The number of nitrogens with one attached hydrogen (secondary N) is 1. The van der Waals surface area contributed by atoms with Gasteiger partial charge in [0, 0.05) is 17.1 Å². The maximum Gasteiger partial charge on any atom is 0.233 e. The molecule has 0 bridgehead atoms. The molecule has 0 aliphatic carbocycles. The number of thioether (sulfide) groups is 1. The highest BCUT2D eigenvalue weighted by Crippen LogP contribution is 2.26. The summed E-state index contributed by atoms with van der Waals surface area (Å²) in [5.41, 5.74) is 6.36. The number of aromatic amines is 1. The molecule has 0 unspecified atom stereocenters. The maximum absolute atomic E-state index is 12.3. The van der Waals surface area contributed by atoms with E-state index in [1.165, 1.54) is 11.8 Å². The lowest BCUT2D eigenvalue weighted by atomic mass is 10.2. The largest absolute Gasteiger partial charge is 0.491 e. The van der Waals surface area contributed by atoms with E-state index in [-0.39, 0.29) is 17.6 Å². The summed E-state index contributed by atoms with van der Waals surface area (Å²) in [6, 6.07) is 5.43. The molecule has 1 aliphatic rings. The van der Waals surface area contributed by atoms with Gasteiger partial charge in [0.05, 0.1) is 12.3 Å². The Morgan fingerprint density at radius 1 is 1.55 bits per heavy atom. The van der Waals surface area contributed by atoms with Crippen molar-refractivity contribution in [1.29, 1.82) is 0 Å². The zero-order valence-electron chi connectivity index (χ0n) is 11.6. The van der Waals surface area contributed by atoms with Crippen LogP contribution in [-0.2, 0) is 11.3 Å². The normalized spacial score (nSPS) is 14.1. The highest BCUT2D eigenvalue weighted by molar-refractivity contribution is 7.99. The highest BCUT2D eigenvalue weighted by atomic mass is 35.5. The molecular weight excluding hydrogens is 326 g/mol. The number of hydrogen-bond donors (Lipinski definition) is 2. The molecule has 116 valence electrons. The third kappa shape index (κ3) is 3.45. The number of aromatic nitrogens is 3. The molecule has 1 aliphatic heterocycles. The first-order chi connectivity index (χ1) is 10.6. The van der Waals surface area contributed by atoms with Crippen LogP contribution >= 0.6 is 23.4 Å². The summed E-state index contributed by atoms with van der Waals surface area (Å²) < 4.78 is 5.64. The monoisotopic (exact) mass is 339 g/mol. The van der Waals surface area contributed by atoms with Crippen LogP contribution in [-0.4, -0.2) is 44.9 Å². The second kappa shape index (κ2) is 6.45. The number of amides is 1. The Morgan fingerprint density at radius 3 is 3.18 bits per heavy atom. The fraction of sp³-hybridized carbons (Fsp3) is 0.308. The van der Waals surface area contributed by atoms with Crippen LogP contribution in [0.4, 0.5) is 5.95 Å². The van der Waals surface area contributed by atoms with E-state index in [4.69, 9.17) is 22.1 Å². The van der Waals surface area contributed by atoms with Crippen LogP contribution in [0.2, 0.25) is 5.02 Å². The van der Waals surface area contributed by atoms with Crippen LogP contribution in [0.1, 0.15) is 5.56 Å². The van der Waals surface area contributed by atoms with Crippen LogP contribution in [0.15, 0.2) is 23.4 Å². The van der Waals surface area contributed by atoms with Gasteiger partial charge in [-0.25, -0.2) is 5.10 Å². The Bertz CT molecular complexity index is 693. The Balaban J connectivity index is 1.65. The molecule has 22 heavy (non-hydrogen) atoms. The topological polar surface area (TPSA) is 97.1 Å². The maximum atomic E-state index is 12.3. The van der Waals surface area contributed by atoms with Crippen molar-refractivity contribution in [2.75, 3.05) is 24.6 Å². The number of carbonyl (C=O) groups is 1. The van der Waals surface area contributed by atoms with Gasteiger partial charge in [-0.05, 0) is 18.2 Å². The molecule has 0 atom stereocenters. The van der Waals surface area contributed by atoms with E-state index in [2.05, 4.69) is 15.2 Å². The van der Waals surface area contributed by atoms with Crippen molar-refractivity contribution in [3.8, 4) is 5.75 Å². The van der Waals surface area contributed by atoms with Crippen LogP contribution in [0, 0.1) is 0 Å². The number of anilines is 1. The molecule has 2 heterocycles. The number of rotatable bonds is 3. The predicted molar refractivity (Wildman–Crippen MR) is 83.9 cm³/mol. The molecule has 0 saturated heterocycles. The summed E-state index contributed by atoms with van der Waals surface area (Å²) in [6.45, 7) is 1.46. The molecule has 0 saturated carbocycles. The molecular formula is C13H14ClN5O2S. The molecule has 0 radical (unpaired) electrons. The smallest absolute Gasteiger partial charge is 0.233 e. The van der Waals surface area contributed by atoms with Gasteiger partial charge in [0.15, 0.2) is 0 Å². The third-order valence-corrected chi connectivity index (χ3v) is 4.23. The van der Waals surface area contributed by atoms with Crippen molar-refractivity contribution < 1.29 is 9.53 Å². The zero-order chi connectivity index (χ0) is 15.5. The van der Waals surface area contributed by atoms with E-state index in [1.807, 2.05) is 12.1 Å². The van der Waals surface area contributed by atoms with Gasteiger partial charge in [0.25, 0.3) is 0 Å². The standard InChI is InChI=1S/C13H14ClN5O2S/c14-9-1-2-10-8(5-9)6-19(3-4-21-10)11(20)7-22-13-16-12(15)17-18-13/h1-2,5H,3-4,6-7H2,(H3,15,16,17,18). The van der Waals surface area contributed by atoms with Gasteiger partial charge >= 0.3 is 0 Å². The van der Waals surface area contributed by atoms with Crippen molar-refractivity contribution in [3.05, 3.63) is 28.8 Å². The minimum atomic E-state index is -0.00945.